The molecule has 0 saturated heterocycles. The van der Waals surface area contributed by atoms with Gasteiger partial charge in [0.05, 0.1) is 11.6 Å². The average molecular weight is 218 g/mol. The Morgan fingerprint density at radius 3 is 2.88 bits per heavy atom. The SMILES string of the molecule is Cc1cc(C#N)ccc1NCCCC(=O)O. The first-order chi connectivity index (χ1) is 7.63. The molecule has 0 heterocycles. The lowest BCUT2D eigenvalue weighted by atomic mass is 10.1. The standard InChI is InChI=1S/C12H14N2O2/c1-9-7-10(8-13)4-5-11(9)14-6-2-3-12(15)16/h4-5,7,14H,2-3,6H2,1H3,(H,15,16). The Labute approximate surface area is 94.5 Å². The van der Waals surface area contributed by atoms with Crippen LogP contribution in [0.1, 0.15) is 24.0 Å². The molecule has 1 rings (SSSR count). The number of rotatable bonds is 5. The molecule has 1 aromatic rings. The summed E-state index contributed by atoms with van der Waals surface area (Å²) in [5.74, 6) is -0.779. The molecule has 0 atom stereocenters. The molecule has 16 heavy (non-hydrogen) atoms. The van der Waals surface area contributed by atoms with E-state index >= 15 is 0 Å². The number of carboxylic acid groups (broad SMARTS) is 1. The number of aryl methyl sites for hydroxylation is 1. The summed E-state index contributed by atoms with van der Waals surface area (Å²) in [6, 6.07) is 7.46. The third-order valence-electron chi connectivity index (χ3n) is 2.24. The molecule has 0 radical (unpaired) electrons. The lowest BCUT2D eigenvalue weighted by molar-refractivity contribution is -0.137. The molecule has 0 amide bonds. The molecule has 2 N–H and O–H groups in total. The number of hydrogen-bond donors (Lipinski definition) is 2. The zero-order chi connectivity index (χ0) is 12.0. The van der Waals surface area contributed by atoms with Crippen LogP contribution in [0.25, 0.3) is 0 Å². The van der Waals surface area contributed by atoms with Crippen LogP contribution in [-0.4, -0.2) is 17.6 Å². The molecule has 0 spiro atoms. The number of anilines is 1. The first-order valence-electron chi connectivity index (χ1n) is 5.10. The van der Waals surface area contributed by atoms with E-state index in [1.165, 1.54) is 0 Å². The van der Waals surface area contributed by atoms with E-state index in [-0.39, 0.29) is 6.42 Å². The first-order valence-corrected chi connectivity index (χ1v) is 5.10. The van der Waals surface area contributed by atoms with Gasteiger partial charge < -0.3 is 10.4 Å². The van der Waals surface area contributed by atoms with Gasteiger partial charge in [-0.2, -0.15) is 5.26 Å². The van der Waals surface area contributed by atoms with Gasteiger partial charge in [0.25, 0.3) is 0 Å². The Hall–Kier alpha value is -2.02. The second-order valence-corrected chi connectivity index (χ2v) is 3.57. The third kappa shape index (κ3) is 3.62. The maximum Gasteiger partial charge on any atom is 0.303 e. The van der Waals surface area contributed by atoms with Gasteiger partial charge in [0.15, 0.2) is 0 Å². The fourth-order valence-electron chi connectivity index (χ4n) is 1.39. The summed E-state index contributed by atoms with van der Waals surface area (Å²) in [6.07, 6.45) is 0.761. The minimum atomic E-state index is -0.779. The predicted octanol–water partition coefficient (Wildman–Crippen LogP) is 2.14. The van der Waals surface area contributed by atoms with Gasteiger partial charge in [-0.05, 0) is 37.1 Å². The molecule has 0 bridgehead atoms. The van der Waals surface area contributed by atoms with Crippen LogP contribution in [0.4, 0.5) is 5.69 Å². The topological polar surface area (TPSA) is 73.1 Å². The summed E-state index contributed by atoms with van der Waals surface area (Å²) in [7, 11) is 0. The van der Waals surface area contributed by atoms with Crippen LogP contribution in [0, 0.1) is 18.3 Å². The summed E-state index contributed by atoms with van der Waals surface area (Å²) >= 11 is 0. The van der Waals surface area contributed by atoms with Crippen LogP contribution in [-0.2, 0) is 4.79 Å². The lowest BCUT2D eigenvalue weighted by Gasteiger charge is -2.08. The van der Waals surface area contributed by atoms with E-state index < -0.39 is 5.97 Å². The molecule has 4 heteroatoms. The second-order valence-electron chi connectivity index (χ2n) is 3.57. The summed E-state index contributed by atoms with van der Waals surface area (Å²) in [6.45, 7) is 2.54. The van der Waals surface area contributed by atoms with Crippen LogP contribution in [0.2, 0.25) is 0 Å². The van der Waals surface area contributed by atoms with E-state index in [0.717, 1.165) is 11.3 Å². The molecule has 0 aliphatic heterocycles. The van der Waals surface area contributed by atoms with Crippen molar-refractivity contribution in [2.75, 3.05) is 11.9 Å². The van der Waals surface area contributed by atoms with Crippen molar-refractivity contribution in [3.8, 4) is 6.07 Å². The highest BCUT2D eigenvalue weighted by Crippen LogP contribution is 2.15. The third-order valence-corrected chi connectivity index (χ3v) is 2.24. The van der Waals surface area contributed by atoms with Crippen LogP contribution in [0.5, 0.6) is 0 Å². The Bertz CT molecular complexity index is 422. The Kier molecular flexibility index (Phi) is 4.34. The van der Waals surface area contributed by atoms with Crippen molar-refractivity contribution in [3.63, 3.8) is 0 Å². The van der Waals surface area contributed by atoms with E-state index in [1.54, 1.807) is 12.1 Å². The number of nitriles is 1. The number of aliphatic carboxylic acids is 1. The molecule has 0 saturated carbocycles. The Balaban J connectivity index is 2.49. The van der Waals surface area contributed by atoms with Gasteiger partial charge in [0.2, 0.25) is 0 Å². The molecule has 0 fully saturated rings. The molecule has 0 unspecified atom stereocenters. The highest BCUT2D eigenvalue weighted by molar-refractivity contribution is 5.66. The Morgan fingerprint density at radius 1 is 1.56 bits per heavy atom. The van der Waals surface area contributed by atoms with Gasteiger partial charge in [-0.25, -0.2) is 0 Å². The number of hydrogen-bond acceptors (Lipinski definition) is 3. The summed E-state index contributed by atoms with van der Waals surface area (Å²) in [5.41, 5.74) is 2.58. The zero-order valence-electron chi connectivity index (χ0n) is 9.16. The number of nitrogens with one attached hydrogen (secondary N) is 1. The minimum absolute atomic E-state index is 0.169. The van der Waals surface area contributed by atoms with Crippen molar-refractivity contribution < 1.29 is 9.90 Å². The molecule has 0 aromatic heterocycles. The molecule has 0 aliphatic carbocycles. The molecule has 84 valence electrons. The van der Waals surface area contributed by atoms with Crippen molar-refractivity contribution in [1.29, 1.82) is 5.26 Å². The monoisotopic (exact) mass is 218 g/mol. The van der Waals surface area contributed by atoms with Gasteiger partial charge in [-0.3, -0.25) is 4.79 Å². The van der Waals surface area contributed by atoms with Gasteiger partial charge in [-0.1, -0.05) is 0 Å². The minimum Gasteiger partial charge on any atom is -0.481 e. The smallest absolute Gasteiger partial charge is 0.303 e. The largest absolute Gasteiger partial charge is 0.481 e. The predicted molar refractivity (Wildman–Crippen MR) is 61.3 cm³/mol. The van der Waals surface area contributed by atoms with Gasteiger partial charge in [-0.15, -0.1) is 0 Å². The normalized spacial score (nSPS) is 9.50. The van der Waals surface area contributed by atoms with Crippen LogP contribution >= 0.6 is 0 Å². The lowest BCUT2D eigenvalue weighted by Crippen LogP contribution is -2.05. The molecular weight excluding hydrogens is 204 g/mol. The summed E-state index contributed by atoms with van der Waals surface area (Å²) < 4.78 is 0. The number of nitrogens with zero attached hydrogens (tertiary/aromatic N) is 1. The van der Waals surface area contributed by atoms with Gasteiger partial charge in [0.1, 0.15) is 0 Å². The van der Waals surface area contributed by atoms with Crippen molar-refractivity contribution >= 4 is 11.7 Å². The first kappa shape index (κ1) is 12.1. The summed E-state index contributed by atoms with van der Waals surface area (Å²) in [4.78, 5) is 10.3. The van der Waals surface area contributed by atoms with Crippen LogP contribution < -0.4 is 5.32 Å². The van der Waals surface area contributed by atoms with Gasteiger partial charge >= 0.3 is 5.97 Å². The number of benzene rings is 1. The number of carbonyl (C=O) groups is 1. The van der Waals surface area contributed by atoms with Crippen molar-refractivity contribution in [2.45, 2.75) is 19.8 Å². The molecule has 4 nitrogen and oxygen atoms in total. The van der Waals surface area contributed by atoms with Crippen LogP contribution in [0.15, 0.2) is 18.2 Å². The van der Waals surface area contributed by atoms with E-state index in [1.807, 2.05) is 13.0 Å². The average Bonchev–Trinajstić information content (AvgIpc) is 2.25. The quantitative estimate of drug-likeness (QED) is 0.742. The highest BCUT2D eigenvalue weighted by atomic mass is 16.4. The molecular formula is C12H14N2O2. The molecule has 1 aromatic carbocycles. The van der Waals surface area contributed by atoms with Crippen molar-refractivity contribution in [1.82, 2.24) is 0 Å². The van der Waals surface area contributed by atoms with E-state index in [4.69, 9.17) is 10.4 Å². The highest BCUT2D eigenvalue weighted by Gasteiger charge is 2.00. The van der Waals surface area contributed by atoms with E-state index in [2.05, 4.69) is 11.4 Å². The van der Waals surface area contributed by atoms with Crippen molar-refractivity contribution in [2.24, 2.45) is 0 Å². The maximum atomic E-state index is 10.3. The summed E-state index contributed by atoms with van der Waals surface area (Å²) in [5, 5.41) is 20.3. The number of carboxylic acids is 1. The zero-order valence-corrected chi connectivity index (χ0v) is 9.16. The van der Waals surface area contributed by atoms with Crippen LogP contribution in [0.3, 0.4) is 0 Å². The maximum absolute atomic E-state index is 10.3. The molecule has 0 aliphatic rings. The van der Waals surface area contributed by atoms with E-state index in [0.29, 0.717) is 18.5 Å². The Morgan fingerprint density at radius 2 is 2.31 bits per heavy atom. The van der Waals surface area contributed by atoms with Gasteiger partial charge in [0, 0.05) is 18.7 Å². The fourth-order valence-corrected chi connectivity index (χ4v) is 1.39. The van der Waals surface area contributed by atoms with Crippen molar-refractivity contribution in [3.05, 3.63) is 29.3 Å². The fraction of sp³-hybridized carbons (Fsp3) is 0.333. The second kappa shape index (κ2) is 5.76. The van der Waals surface area contributed by atoms with E-state index in [9.17, 15) is 4.79 Å².